The number of hydrogen-bond acceptors (Lipinski definition) is 3. The predicted octanol–water partition coefficient (Wildman–Crippen LogP) is 1.32. The molecule has 2 rings (SSSR count). The van der Waals surface area contributed by atoms with E-state index in [4.69, 9.17) is 0 Å². The molecule has 4 nitrogen and oxygen atoms in total. The second-order valence-corrected chi connectivity index (χ2v) is 7.01. The number of hydrogen-bond donors (Lipinski definition) is 0. The van der Waals surface area contributed by atoms with Gasteiger partial charge in [-0.25, -0.2) is 8.42 Å². The molecule has 0 fully saturated rings. The predicted molar refractivity (Wildman–Crippen MR) is 71.6 cm³/mol. The third-order valence-corrected chi connectivity index (χ3v) is 4.18. The molecular weight excluding hydrogens is 250 g/mol. The Hall–Kier alpha value is -1.36. The summed E-state index contributed by atoms with van der Waals surface area (Å²) in [5, 5.41) is 0. The minimum Gasteiger partial charge on any atom is -0.311 e. The van der Waals surface area contributed by atoms with Crippen LogP contribution in [0.5, 0.6) is 0 Å². The Bertz CT molecular complexity index is 578. The lowest BCUT2D eigenvalue weighted by molar-refractivity contribution is -0.118. The van der Waals surface area contributed by atoms with E-state index in [0.717, 1.165) is 23.2 Å². The van der Waals surface area contributed by atoms with E-state index in [1.165, 1.54) is 6.26 Å². The van der Waals surface area contributed by atoms with Crippen LogP contribution in [0.3, 0.4) is 0 Å². The Morgan fingerprint density at radius 2 is 2.00 bits per heavy atom. The quantitative estimate of drug-likeness (QED) is 0.830. The molecule has 0 aromatic heterocycles. The van der Waals surface area contributed by atoms with Crippen molar-refractivity contribution in [2.45, 2.75) is 19.8 Å². The van der Waals surface area contributed by atoms with Crippen molar-refractivity contribution in [3.05, 3.63) is 29.3 Å². The molecule has 1 aliphatic rings. The number of anilines is 1. The average Bonchev–Trinajstić information content (AvgIpc) is 2.26. The summed E-state index contributed by atoms with van der Waals surface area (Å²) >= 11 is 0. The lowest BCUT2D eigenvalue weighted by atomic mass is 9.97. The molecule has 1 amide bonds. The van der Waals surface area contributed by atoms with Gasteiger partial charge in [0.15, 0.2) is 0 Å². The molecule has 0 radical (unpaired) electrons. The summed E-state index contributed by atoms with van der Waals surface area (Å²) in [7, 11) is -3.05. The van der Waals surface area contributed by atoms with Crippen molar-refractivity contribution in [1.29, 1.82) is 0 Å². The van der Waals surface area contributed by atoms with Gasteiger partial charge in [0.1, 0.15) is 9.84 Å². The monoisotopic (exact) mass is 267 g/mol. The van der Waals surface area contributed by atoms with E-state index in [-0.39, 0.29) is 18.2 Å². The Morgan fingerprint density at radius 3 is 2.67 bits per heavy atom. The van der Waals surface area contributed by atoms with E-state index in [9.17, 15) is 13.2 Å². The van der Waals surface area contributed by atoms with Crippen LogP contribution in [-0.4, -0.2) is 32.9 Å². The Balaban J connectivity index is 2.31. The highest BCUT2D eigenvalue weighted by atomic mass is 32.2. The third kappa shape index (κ3) is 2.72. The van der Waals surface area contributed by atoms with E-state index in [2.05, 4.69) is 0 Å². The van der Waals surface area contributed by atoms with Gasteiger partial charge < -0.3 is 4.90 Å². The molecule has 1 aromatic carbocycles. The Kier molecular flexibility index (Phi) is 3.43. The van der Waals surface area contributed by atoms with E-state index in [0.29, 0.717) is 6.42 Å². The fraction of sp³-hybridized carbons (Fsp3) is 0.462. The largest absolute Gasteiger partial charge is 0.311 e. The highest BCUT2D eigenvalue weighted by Gasteiger charge is 2.25. The molecule has 18 heavy (non-hydrogen) atoms. The minimum atomic E-state index is -3.05. The van der Waals surface area contributed by atoms with Crippen LogP contribution in [-0.2, 0) is 21.1 Å². The number of rotatable bonds is 3. The molecule has 1 aliphatic heterocycles. The standard InChI is InChI=1S/C13H17NO3S/c1-10-4-3-5-12-11(10)6-7-13(15)14(12)8-9-18(2,16)17/h3-5H,6-9H2,1-2H3. The van der Waals surface area contributed by atoms with Gasteiger partial charge >= 0.3 is 0 Å². The zero-order chi connectivity index (χ0) is 13.3. The summed E-state index contributed by atoms with van der Waals surface area (Å²) < 4.78 is 22.4. The zero-order valence-electron chi connectivity index (χ0n) is 10.6. The molecule has 5 heteroatoms. The number of benzene rings is 1. The molecule has 0 unspecified atom stereocenters. The molecule has 0 bridgehead atoms. The first-order valence-corrected chi connectivity index (χ1v) is 8.01. The third-order valence-electron chi connectivity index (χ3n) is 3.25. The van der Waals surface area contributed by atoms with Crippen molar-refractivity contribution >= 4 is 21.4 Å². The maximum absolute atomic E-state index is 11.9. The Labute approximate surface area is 108 Å². The van der Waals surface area contributed by atoms with Gasteiger partial charge in [0, 0.05) is 24.9 Å². The molecule has 0 aliphatic carbocycles. The van der Waals surface area contributed by atoms with Gasteiger partial charge in [-0.3, -0.25) is 4.79 Å². The van der Waals surface area contributed by atoms with Crippen LogP contribution >= 0.6 is 0 Å². The summed E-state index contributed by atoms with van der Waals surface area (Å²) in [6, 6.07) is 5.81. The first-order chi connectivity index (χ1) is 8.38. The van der Waals surface area contributed by atoms with Crippen LogP contribution in [0.15, 0.2) is 18.2 Å². The van der Waals surface area contributed by atoms with Gasteiger partial charge in [-0.2, -0.15) is 0 Å². The number of carbonyl (C=O) groups is 1. The molecule has 0 atom stereocenters. The summed E-state index contributed by atoms with van der Waals surface area (Å²) in [5.41, 5.74) is 3.19. The number of amides is 1. The zero-order valence-corrected chi connectivity index (χ0v) is 11.5. The van der Waals surface area contributed by atoms with E-state index in [1.807, 2.05) is 25.1 Å². The molecule has 1 aromatic rings. The molecule has 0 spiro atoms. The van der Waals surface area contributed by atoms with E-state index in [1.54, 1.807) is 4.90 Å². The summed E-state index contributed by atoms with van der Waals surface area (Å²) in [4.78, 5) is 13.5. The highest BCUT2D eigenvalue weighted by Crippen LogP contribution is 2.29. The van der Waals surface area contributed by atoms with Gasteiger partial charge in [0.2, 0.25) is 5.91 Å². The normalized spacial score (nSPS) is 15.7. The number of fused-ring (bicyclic) bond motifs is 1. The van der Waals surface area contributed by atoms with Crippen molar-refractivity contribution in [3.63, 3.8) is 0 Å². The maximum atomic E-state index is 11.9. The van der Waals surface area contributed by atoms with Gasteiger partial charge in [-0.1, -0.05) is 12.1 Å². The van der Waals surface area contributed by atoms with E-state index >= 15 is 0 Å². The first-order valence-electron chi connectivity index (χ1n) is 5.95. The lowest BCUT2D eigenvalue weighted by Crippen LogP contribution is -2.38. The average molecular weight is 267 g/mol. The number of sulfone groups is 1. The van der Waals surface area contributed by atoms with Gasteiger partial charge in [0.25, 0.3) is 0 Å². The van der Waals surface area contributed by atoms with Gasteiger partial charge in [-0.05, 0) is 30.5 Å². The molecule has 1 heterocycles. The van der Waals surface area contributed by atoms with Crippen molar-refractivity contribution in [2.75, 3.05) is 23.5 Å². The van der Waals surface area contributed by atoms with Crippen LogP contribution in [0.25, 0.3) is 0 Å². The van der Waals surface area contributed by atoms with Crippen molar-refractivity contribution in [3.8, 4) is 0 Å². The second kappa shape index (κ2) is 4.72. The summed E-state index contributed by atoms with van der Waals surface area (Å²) in [6.45, 7) is 2.26. The molecule has 0 saturated carbocycles. The topological polar surface area (TPSA) is 54.5 Å². The summed E-state index contributed by atoms with van der Waals surface area (Å²) in [6.07, 6.45) is 2.40. The smallest absolute Gasteiger partial charge is 0.227 e. The minimum absolute atomic E-state index is 0.00607. The van der Waals surface area contributed by atoms with Crippen molar-refractivity contribution in [2.24, 2.45) is 0 Å². The van der Waals surface area contributed by atoms with Crippen molar-refractivity contribution < 1.29 is 13.2 Å². The fourth-order valence-electron chi connectivity index (χ4n) is 2.27. The second-order valence-electron chi connectivity index (χ2n) is 4.75. The number of nitrogens with zero attached hydrogens (tertiary/aromatic N) is 1. The highest BCUT2D eigenvalue weighted by molar-refractivity contribution is 7.90. The maximum Gasteiger partial charge on any atom is 0.227 e. The van der Waals surface area contributed by atoms with Crippen LogP contribution < -0.4 is 4.90 Å². The molecule has 98 valence electrons. The number of carbonyl (C=O) groups excluding carboxylic acids is 1. The van der Waals surface area contributed by atoms with E-state index < -0.39 is 9.84 Å². The van der Waals surface area contributed by atoms with Crippen molar-refractivity contribution in [1.82, 2.24) is 0 Å². The SMILES string of the molecule is Cc1cccc2c1CCC(=O)N2CCS(C)(=O)=O. The Morgan fingerprint density at radius 1 is 1.28 bits per heavy atom. The number of aryl methyl sites for hydroxylation is 1. The summed E-state index contributed by atoms with van der Waals surface area (Å²) in [5.74, 6) is 0.0170. The fourth-order valence-corrected chi connectivity index (χ4v) is 2.78. The molecular formula is C13H17NO3S. The van der Waals surface area contributed by atoms with Crippen LogP contribution in [0.2, 0.25) is 0 Å². The van der Waals surface area contributed by atoms with Gasteiger partial charge in [0.05, 0.1) is 5.75 Å². The molecule has 0 saturated heterocycles. The first kappa shape index (κ1) is 13.1. The van der Waals surface area contributed by atoms with Crippen LogP contribution in [0.4, 0.5) is 5.69 Å². The van der Waals surface area contributed by atoms with Gasteiger partial charge in [-0.15, -0.1) is 0 Å². The lowest BCUT2D eigenvalue weighted by Gasteiger charge is -2.30. The van der Waals surface area contributed by atoms with Crippen LogP contribution in [0.1, 0.15) is 17.5 Å². The molecule has 0 N–H and O–H groups in total. The van der Waals surface area contributed by atoms with Crippen LogP contribution in [0, 0.1) is 6.92 Å².